The molecule has 17 heavy (non-hydrogen) atoms. The second-order valence-corrected chi connectivity index (χ2v) is 4.74. The van der Waals surface area contributed by atoms with Gasteiger partial charge in [0, 0.05) is 30.9 Å². The number of carbonyl (C=O) groups excluding carboxylic acids is 1. The number of nitrogen functional groups attached to an aromatic ring is 1. The van der Waals surface area contributed by atoms with Crippen molar-refractivity contribution in [3.8, 4) is 0 Å². The SMILES string of the molecule is CN1CCC(N(C)C(=O)c2ccc(N)cc2)C1. The van der Waals surface area contributed by atoms with E-state index in [0.717, 1.165) is 19.5 Å². The van der Waals surface area contributed by atoms with E-state index in [-0.39, 0.29) is 5.91 Å². The molecule has 1 atom stereocenters. The Hall–Kier alpha value is -1.55. The summed E-state index contributed by atoms with van der Waals surface area (Å²) in [6.45, 7) is 2.02. The summed E-state index contributed by atoms with van der Waals surface area (Å²) in [7, 11) is 3.96. The Labute approximate surface area is 102 Å². The van der Waals surface area contributed by atoms with Gasteiger partial charge in [-0.25, -0.2) is 0 Å². The molecule has 1 aromatic rings. The van der Waals surface area contributed by atoms with Crippen LogP contribution in [0.3, 0.4) is 0 Å². The van der Waals surface area contributed by atoms with Gasteiger partial charge in [0.2, 0.25) is 0 Å². The van der Waals surface area contributed by atoms with Crippen LogP contribution in [0.25, 0.3) is 0 Å². The van der Waals surface area contributed by atoms with Crippen LogP contribution in [0, 0.1) is 0 Å². The molecule has 0 radical (unpaired) electrons. The van der Waals surface area contributed by atoms with Crippen LogP contribution < -0.4 is 5.73 Å². The number of anilines is 1. The van der Waals surface area contributed by atoms with Crippen molar-refractivity contribution in [2.45, 2.75) is 12.5 Å². The van der Waals surface area contributed by atoms with Crippen molar-refractivity contribution in [1.29, 1.82) is 0 Å². The molecule has 1 fully saturated rings. The highest BCUT2D eigenvalue weighted by molar-refractivity contribution is 5.94. The predicted octanol–water partition coefficient (Wildman–Crippen LogP) is 1.04. The number of likely N-dealkylation sites (N-methyl/N-ethyl adjacent to an activating group) is 2. The van der Waals surface area contributed by atoms with Crippen molar-refractivity contribution in [2.75, 3.05) is 32.9 Å². The van der Waals surface area contributed by atoms with Gasteiger partial charge in [-0.05, 0) is 44.3 Å². The minimum absolute atomic E-state index is 0.0744. The lowest BCUT2D eigenvalue weighted by atomic mass is 10.1. The summed E-state index contributed by atoms with van der Waals surface area (Å²) in [4.78, 5) is 16.3. The summed E-state index contributed by atoms with van der Waals surface area (Å²) in [5.41, 5.74) is 7.00. The molecule has 1 heterocycles. The van der Waals surface area contributed by atoms with Crippen molar-refractivity contribution in [1.82, 2.24) is 9.80 Å². The fraction of sp³-hybridized carbons (Fsp3) is 0.462. The van der Waals surface area contributed by atoms with Crippen LogP contribution in [0.5, 0.6) is 0 Å². The summed E-state index contributed by atoms with van der Waals surface area (Å²) < 4.78 is 0. The van der Waals surface area contributed by atoms with E-state index < -0.39 is 0 Å². The summed E-state index contributed by atoms with van der Waals surface area (Å²) in [5.74, 6) is 0.0744. The van der Waals surface area contributed by atoms with Crippen LogP contribution in [0.1, 0.15) is 16.8 Å². The summed E-state index contributed by atoms with van der Waals surface area (Å²) >= 11 is 0. The molecule has 4 nitrogen and oxygen atoms in total. The third-order valence-electron chi connectivity index (χ3n) is 3.39. The molecule has 0 saturated carbocycles. The molecule has 1 amide bonds. The van der Waals surface area contributed by atoms with E-state index in [9.17, 15) is 4.79 Å². The highest BCUT2D eigenvalue weighted by Crippen LogP contribution is 2.16. The highest BCUT2D eigenvalue weighted by Gasteiger charge is 2.26. The summed E-state index contributed by atoms with van der Waals surface area (Å²) in [6, 6.07) is 7.42. The first-order valence-corrected chi connectivity index (χ1v) is 5.89. The number of benzene rings is 1. The molecule has 92 valence electrons. The first kappa shape index (κ1) is 11.9. The fourth-order valence-corrected chi connectivity index (χ4v) is 2.22. The van der Waals surface area contributed by atoms with Crippen LogP contribution in [-0.2, 0) is 0 Å². The van der Waals surface area contributed by atoms with Crippen LogP contribution in [0.4, 0.5) is 5.69 Å². The molecule has 0 aromatic heterocycles. The molecule has 2 rings (SSSR count). The first-order chi connectivity index (χ1) is 8.08. The van der Waals surface area contributed by atoms with E-state index in [2.05, 4.69) is 11.9 Å². The number of hydrogen-bond acceptors (Lipinski definition) is 3. The maximum Gasteiger partial charge on any atom is 0.253 e. The number of nitrogens with zero attached hydrogens (tertiary/aromatic N) is 2. The molecule has 4 heteroatoms. The van der Waals surface area contributed by atoms with Crippen molar-refractivity contribution in [2.24, 2.45) is 0 Å². The fourth-order valence-electron chi connectivity index (χ4n) is 2.22. The van der Waals surface area contributed by atoms with Gasteiger partial charge in [-0.2, -0.15) is 0 Å². The van der Waals surface area contributed by atoms with Gasteiger partial charge in [0.15, 0.2) is 0 Å². The molecular weight excluding hydrogens is 214 g/mol. The predicted molar refractivity (Wildman–Crippen MR) is 68.8 cm³/mol. The van der Waals surface area contributed by atoms with Crippen LogP contribution in [0.2, 0.25) is 0 Å². The zero-order valence-electron chi connectivity index (χ0n) is 10.4. The number of likely N-dealkylation sites (tertiary alicyclic amines) is 1. The molecule has 1 aromatic carbocycles. The van der Waals surface area contributed by atoms with Gasteiger partial charge in [-0.1, -0.05) is 0 Å². The molecule has 0 aliphatic carbocycles. The van der Waals surface area contributed by atoms with Gasteiger partial charge < -0.3 is 15.5 Å². The lowest BCUT2D eigenvalue weighted by Gasteiger charge is -2.24. The van der Waals surface area contributed by atoms with E-state index >= 15 is 0 Å². The topological polar surface area (TPSA) is 49.6 Å². The van der Waals surface area contributed by atoms with Gasteiger partial charge in [0.05, 0.1) is 0 Å². The minimum atomic E-state index is 0.0744. The zero-order chi connectivity index (χ0) is 12.4. The average Bonchev–Trinajstić information content (AvgIpc) is 2.75. The zero-order valence-corrected chi connectivity index (χ0v) is 10.4. The molecular formula is C13H19N3O. The molecule has 1 aliphatic rings. The molecule has 1 aliphatic heterocycles. The Bertz CT molecular complexity index is 402. The maximum absolute atomic E-state index is 12.2. The van der Waals surface area contributed by atoms with Crippen molar-refractivity contribution in [3.63, 3.8) is 0 Å². The Morgan fingerprint density at radius 2 is 2.06 bits per heavy atom. The molecule has 0 spiro atoms. The molecule has 2 N–H and O–H groups in total. The smallest absolute Gasteiger partial charge is 0.253 e. The maximum atomic E-state index is 12.2. The Morgan fingerprint density at radius 3 is 2.59 bits per heavy atom. The second kappa shape index (κ2) is 4.75. The van der Waals surface area contributed by atoms with Gasteiger partial charge in [0.25, 0.3) is 5.91 Å². The van der Waals surface area contributed by atoms with E-state index in [1.807, 2.05) is 11.9 Å². The second-order valence-electron chi connectivity index (χ2n) is 4.74. The monoisotopic (exact) mass is 233 g/mol. The van der Waals surface area contributed by atoms with Crippen molar-refractivity contribution >= 4 is 11.6 Å². The summed E-state index contributed by atoms with van der Waals surface area (Å²) in [6.07, 6.45) is 1.05. The van der Waals surface area contributed by atoms with Gasteiger partial charge >= 0.3 is 0 Å². The standard InChI is InChI=1S/C13H19N3O/c1-15-8-7-12(9-15)16(2)13(17)10-3-5-11(14)6-4-10/h3-6,12H,7-9,14H2,1-2H3. The molecule has 1 unspecified atom stereocenters. The van der Waals surface area contributed by atoms with E-state index in [1.54, 1.807) is 24.3 Å². The van der Waals surface area contributed by atoms with Crippen molar-refractivity contribution in [3.05, 3.63) is 29.8 Å². The van der Waals surface area contributed by atoms with Crippen LogP contribution in [-0.4, -0.2) is 48.9 Å². The van der Waals surface area contributed by atoms with E-state index in [1.165, 1.54) is 0 Å². The lowest BCUT2D eigenvalue weighted by molar-refractivity contribution is 0.0737. The third-order valence-corrected chi connectivity index (χ3v) is 3.39. The minimum Gasteiger partial charge on any atom is -0.399 e. The lowest BCUT2D eigenvalue weighted by Crippen LogP contribution is -2.38. The highest BCUT2D eigenvalue weighted by atomic mass is 16.2. The Balaban J connectivity index is 2.06. The van der Waals surface area contributed by atoms with Crippen LogP contribution in [0.15, 0.2) is 24.3 Å². The van der Waals surface area contributed by atoms with Crippen LogP contribution >= 0.6 is 0 Å². The first-order valence-electron chi connectivity index (χ1n) is 5.89. The number of amides is 1. The normalized spacial score (nSPS) is 20.5. The third kappa shape index (κ3) is 2.58. The Morgan fingerprint density at radius 1 is 1.41 bits per heavy atom. The van der Waals surface area contributed by atoms with E-state index in [0.29, 0.717) is 17.3 Å². The number of nitrogens with two attached hydrogens (primary N) is 1. The van der Waals surface area contributed by atoms with Gasteiger partial charge in [-0.3, -0.25) is 4.79 Å². The van der Waals surface area contributed by atoms with Gasteiger partial charge in [-0.15, -0.1) is 0 Å². The number of rotatable bonds is 2. The average molecular weight is 233 g/mol. The van der Waals surface area contributed by atoms with Crippen molar-refractivity contribution < 1.29 is 4.79 Å². The molecule has 0 bridgehead atoms. The Kier molecular flexibility index (Phi) is 3.33. The largest absolute Gasteiger partial charge is 0.399 e. The number of carbonyl (C=O) groups is 1. The van der Waals surface area contributed by atoms with E-state index in [4.69, 9.17) is 5.73 Å². The van der Waals surface area contributed by atoms with Gasteiger partial charge in [0.1, 0.15) is 0 Å². The number of hydrogen-bond donors (Lipinski definition) is 1. The molecule has 1 saturated heterocycles. The quantitative estimate of drug-likeness (QED) is 0.777. The summed E-state index contributed by atoms with van der Waals surface area (Å²) in [5, 5.41) is 0.